The minimum atomic E-state index is -0.481. The SMILES string of the molecule is CCCn1c(-c2cccc([N+](=O)[O-])c2)ccc(C=O)c1=O. The normalized spacial score (nSPS) is 10.3. The molecule has 6 nitrogen and oxygen atoms in total. The average molecular weight is 286 g/mol. The van der Waals surface area contributed by atoms with E-state index in [1.165, 1.54) is 22.8 Å². The molecule has 0 aliphatic rings. The van der Waals surface area contributed by atoms with E-state index in [1.807, 2.05) is 6.92 Å². The van der Waals surface area contributed by atoms with Crippen LogP contribution in [0.5, 0.6) is 0 Å². The maximum atomic E-state index is 12.2. The van der Waals surface area contributed by atoms with Gasteiger partial charge in [-0.15, -0.1) is 0 Å². The van der Waals surface area contributed by atoms with Crippen molar-refractivity contribution in [1.82, 2.24) is 4.57 Å². The van der Waals surface area contributed by atoms with E-state index in [2.05, 4.69) is 0 Å². The van der Waals surface area contributed by atoms with Crippen molar-refractivity contribution in [3.63, 3.8) is 0 Å². The molecule has 0 unspecified atom stereocenters. The average Bonchev–Trinajstić information content (AvgIpc) is 2.49. The van der Waals surface area contributed by atoms with Crippen molar-refractivity contribution < 1.29 is 9.72 Å². The lowest BCUT2D eigenvalue weighted by Gasteiger charge is -2.12. The monoisotopic (exact) mass is 286 g/mol. The van der Waals surface area contributed by atoms with Crippen molar-refractivity contribution in [3.05, 3.63) is 62.4 Å². The van der Waals surface area contributed by atoms with E-state index < -0.39 is 4.92 Å². The quantitative estimate of drug-likeness (QED) is 0.480. The first-order valence-corrected chi connectivity index (χ1v) is 6.52. The van der Waals surface area contributed by atoms with Gasteiger partial charge in [0.25, 0.3) is 11.2 Å². The molecular formula is C15H14N2O4. The van der Waals surface area contributed by atoms with Gasteiger partial charge in [-0.25, -0.2) is 0 Å². The lowest BCUT2D eigenvalue weighted by atomic mass is 10.1. The molecule has 6 heteroatoms. The first-order valence-electron chi connectivity index (χ1n) is 6.52. The molecule has 1 aromatic heterocycles. The summed E-state index contributed by atoms with van der Waals surface area (Å²) in [5.41, 5.74) is 0.805. The van der Waals surface area contributed by atoms with E-state index in [1.54, 1.807) is 18.2 Å². The zero-order chi connectivity index (χ0) is 15.4. The number of aromatic nitrogens is 1. The Bertz CT molecular complexity index is 750. The summed E-state index contributed by atoms with van der Waals surface area (Å²) in [4.78, 5) is 33.4. The van der Waals surface area contributed by atoms with Gasteiger partial charge in [-0.2, -0.15) is 0 Å². The Morgan fingerprint density at radius 1 is 1.29 bits per heavy atom. The van der Waals surface area contributed by atoms with Crippen LogP contribution in [0.4, 0.5) is 5.69 Å². The molecule has 0 spiro atoms. The molecule has 1 aromatic carbocycles. The number of nitrogens with zero attached hydrogens (tertiary/aromatic N) is 2. The molecule has 0 bridgehead atoms. The van der Waals surface area contributed by atoms with Gasteiger partial charge >= 0.3 is 0 Å². The van der Waals surface area contributed by atoms with E-state index in [0.29, 0.717) is 30.5 Å². The second-order valence-electron chi connectivity index (χ2n) is 4.56. The third kappa shape index (κ3) is 2.89. The first kappa shape index (κ1) is 14.6. The summed E-state index contributed by atoms with van der Waals surface area (Å²) in [6.45, 7) is 2.36. The molecule has 0 atom stereocenters. The Labute approximate surface area is 120 Å². The predicted molar refractivity (Wildman–Crippen MR) is 78.5 cm³/mol. The number of nitro groups is 1. The van der Waals surface area contributed by atoms with Crippen molar-refractivity contribution in [2.75, 3.05) is 0 Å². The van der Waals surface area contributed by atoms with Gasteiger partial charge in [0.2, 0.25) is 0 Å². The molecule has 2 rings (SSSR count). The molecule has 0 radical (unpaired) electrons. The number of benzene rings is 1. The third-order valence-electron chi connectivity index (χ3n) is 3.13. The van der Waals surface area contributed by atoms with Crippen molar-refractivity contribution in [3.8, 4) is 11.3 Å². The van der Waals surface area contributed by atoms with Crippen molar-refractivity contribution in [1.29, 1.82) is 0 Å². The molecule has 108 valence electrons. The van der Waals surface area contributed by atoms with E-state index in [-0.39, 0.29) is 16.8 Å². The summed E-state index contributed by atoms with van der Waals surface area (Å²) < 4.78 is 1.47. The summed E-state index contributed by atoms with van der Waals surface area (Å²) in [6, 6.07) is 9.17. The maximum Gasteiger partial charge on any atom is 0.270 e. The first-order chi connectivity index (χ1) is 10.1. The lowest BCUT2D eigenvalue weighted by Crippen LogP contribution is -2.24. The number of non-ortho nitro benzene ring substituents is 1. The van der Waals surface area contributed by atoms with E-state index in [0.717, 1.165) is 0 Å². The molecule has 1 heterocycles. The number of hydrogen-bond acceptors (Lipinski definition) is 4. The van der Waals surface area contributed by atoms with Crippen LogP contribution in [0.15, 0.2) is 41.2 Å². The van der Waals surface area contributed by atoms with Crippen LogP contribution in [0, 0.1) is 10.1 Å². The van der Waals surface area contributed by atoms with Crippen LogP contribution in [-0.2, 0) is 6.54 Å². The highest BCUT2D eigenvalue weighted by atomic mass is 16.6. The van der Waals surface area contributed by atoms with Crippen LogP contribution in [0.2, 0.25) is 0 Å². The molecular weight excluding hydrogens is 272 g/mol. The minimum absolute atomic E-state index is 0.0394. The van der Waals surface area contributed by atoms with Gasteiger partial charge in [-0.05, 0) is 18.6 Å². The molecule has 0 aliphatic carbocycles. The molecule has 2 aromatic rings. The van der Waals surface area contributed by atoms with E-state index in [4.69, 9.17) is 0 Å². The van der Waals surface area contributed by atoms with E-state index >= 15 is 0 Å². The van der Waals surface area contributed by atoms with Crippen molar-refractivity contribution in [2.24, 2.45) is 0 Å². The number of nitro benzene ring substituents is 1. The Hall–Kier alpha value is -2.76. The second-order valence-corrected chi connectivity index (χ2v) is 4.56. The maximum absolute atomic E-state index is 12.2. The summed E-state index contributed by atoms with van der Waals surface area (Å²) in [5.74, 6) is 0. The Morgan fingerprint density at radius 2 is 2.05 bits per heavy atom. The highest BCUT2D eigenvalue weighted by Gasteiger charge is 2.12. The number of pyridine rings is 1. The molecule has 0 fully saturated rings. The smallest absolute Gasteiger partial charge is 0.270 e. The van der Waals surface area contributed by atoms with Gasteiger partial charge in [0.1, 0.15) is 0 Å². The number of aldehydes is 1. The van der Waals surface area contributed by atoms with E-state index in [9.17, 15) is 19.7 Å². The summed E-state index contributed by atoms with van der Waals surface area (Å²) in [7, 11) is 0. The number of carbonyl (C=O) groups is 1. The van der Waals surface area contributed by atoms with Crippen LogP contribution in [0.25, 0.3) is 11.3 Å². The fraction of sp³-hybridized carbons (Fsp3) is 0.200. The van der Waals surface area contributed by atoms with Crippen LogP contribution in [0.3, 0.4) is 0 Å². The van der Waals surface area contributed by atoms with Gasteiger partial charge in [0, 0.05) is 24.2 Å². The molecule has 21 heavy (non-hydrogen) atoms. The molecule has 0 N–H and O–H groups in total. The summed E-state index contributed by atoms with van der Waals surface area (Å²) in [5, 5.41) is 10.9. The summed E-state index contributed by atoms with van der Waals surface area (Å²) >= 11 is 0. The highest BCUT2D eigenvalue weighted by molar-refractivity contribution is 5.75. The van der Waals surface area contributed by atoms with Crippen LogP contribution >= 0.6 is 0 Å². The van der Waals surface area contributed by atoms with Crippen LogP contribution in [0.1, 0.15) is 23.7 Å². The zero-order valence-corrected chi connectivity index (χ0v) is 11.5. The minimum Gasteiger partial charge on any atom is -0.308 e. The Balaban J connectivity index is 2.66. The topological polar surface area (TPSA) is 82.2 Å². The second kappa shape index (κ2) is 6.13. The fourth-order valence-corrected chi connectivity index (χ4v) is 2.16. The zero-order valence-electron chi connectivity index (χ0n) is 11.5. The van der Waals surface area contributed by atoms with Gasteiger partial charge in [-0.1, -0.05) is 19.1 Å². The van der Waals surface area contributed by atoms with Crippen molar-refractivity contribution >= 4 is 12.0 Å². The van der Waals surface area contributed by atoms with Gasteiger partial charge < -0.3 is 4.57 Å². The van der Waals surface area contributed by atoms with Gasteiger partial charge in [0.05, 0.1) is 16.2 Å². The molecule has 0 aliphatic heterocycles. The third-order valence-corrected chi connectivity index (χ3v) is 3.13. The van der Waals surface area contributed by atoms with Crippen LogP contribution in [-0.4, -0.2) is 15.8 Å². The largest absolute Gasteiger partial charge is 0.308 e. The lowest BCUT2D eigenvalue weighted by molar-refractivity contribution is -0.384. The van der Waals surface area contributed by atoms with Gasteiger partial charge in [0.15, 0.2) is 6.29 Å². The number of hydrogen-bond donors (Lipinski definition) is 0. The molecule has 0 amide bonds. The number of carbonyl (C=O) groups excluding carboxylic acids is 1. The van der Waals surface area contributed by atoms with Gasteiger partial charge in [-0.3, -0.25) is 19.7 Å². The Kier molecular flexibility index (Phi) is 4.27. The van der Waals surface area contributed by atoms with Crippen LogP contribution < -0.4 is 5.56 Å². The fourth-order valence-electron chi connectivity index (χ4n) is 2.16. The standard InChI is InChI=1S/C15H14N2O4/c1-2-8-16-14(7-6-12(10-18)15(16)19)11-4-3-5-13(9-11)17(20)21/h3-7,9-10H,2,8H2,1H3. The molecule has 0 saturated carbocycles. The molecule has 0 saturated heterocycles. The highest BCUT2D eigenvalue weighted by Crippen LogP contribution is 2.23. The summed E-state index contributed by atoms with van der Waals surface area (Å²) in [6.07, 6.45) is 1.23. The number of rotatable bonds is 5. The Morgan fingerprint density at radius 3 is 2.67 bits per heavy atom. The van der Waals surface area contributed by atoms with Crippen molar-refractivity contribution in [2.45, 2.75) is 19.9 Å². The predicted octanol–water partition coefficient (Wildman–Crippen LogP) is 2.65.